The van der Waals surface area contributed by atoms with E-state index in [4.69, 9.17) is 15.0 Å². The fraction of sp³-hybridized carbons (Fsp3) is 0.217. The molecule has 4 heterocycles. The average Bonchev–Trinajstić information content (AvgIpc) is 3.13. The van der Waals surface area contributed by atoms with Gasteiger partial charge in [0.1, 0.15) is 6.61 Å². The Morgan fingerprint density at radius 3 is 2.90 bits per heavy atom. The highest BCUT2D eigenvalue weighted by Crippen LogP contribution is 2.40. The van der Waals surface area contributed by atoms with Crippen molar-refractivity contribution in [1.82, 2.24) is 9.55 Å². The first-order chi connectivity index (χ1) is 14.5. The molecule has 30 heavy (non-hydrogen) atoms. The van der Waals surface area contributed by atoms with Crippen molar-refractivity contribution in [2.45, 2.75) is 32.1 Å². The fourth-order valence-corrected chi connectivity index (χ4v) is 4.37. The second-order valence-corrected chi connectivity index (χ2v) is 7.44. The third-order valence-corrected chi connectivity index (χ3v) is 5.96. The number of carbonyl (C=O) groups is 1. The number of hydrogen-bond acceptors (Lipinski definition) is 6. The zero-order valence-corrected chi connectivity index (χ0v) is 16.2. The number of ether oxygens (including phenoxy) is 1. The Morgan fingerprint density at radius 2 is 2.13 bits per heavy atom. The molecule has 1 atom stereocenters. The lowest BCUT2D eigenvalue weighted by Crippen LogP contribution is -2.44. The van der Waals surface area contributed by atoms with Crippen LogP contribution in [-0.2, 0) is 28.3 Å². The smallest absolute Gasteiger partial charge is 0.343 e. The van der Waals surface area contributed by atoms with E-state index in [-0.39, 0.29) is 36.3 Å². The summed E-state index contributed by atoms with van der Waals surface area (Å²) in [6.07, 6.45) is 3.23. The van der Waals surface area contributed by atoms with Crippen molar-refractivity contribution in [2.24, 2.45) is 0 Å². The van der Waals surface area contributed by atoms with Gasteiger partial charge in [0.05, 0.1) is 35.1 Å². The molecule has 0 amide bonds. The Labute approximate surface area is 171 Å². The molecular weight excluding hydrogens is 382 g/mol. The Morgan fingerprint density at radius 1 is 1.33 bits per heavy atom. The molecule has 3 aromatic rings. The Hall–Kier alpha value is -3.76. The minimum Gasteiger partial charge on any atom is -0.458 e. The van der Waals surface area contributed by atoms with Crippen molar-refractivity contribution in [3.05, 3.63) is 69.0 Å². The Balaban J connectivity index is 1.84. The maximum absolute atomic E-state index is 13.3. The molecule has 2 aromatic heterocycles. The molecule has 2 aliphatic rings. The van der Waals surface area contributed by atoms with Crippen LogP contribution in [0.1, 0.15) is 35.6 Å². The number of aromatic nitrogens is 2. The number of para-hydroxylation sites is 1. The van der Waals surface area contributed by atoms with E-state index < -0.39 is 11.6 Å². The largest absolute Gasteiger partial charge is 0.458 e. The van der Waals surface area contributed by atoms with Gasteiger partial charge in [-0.25, -0.2) is 9.78 Å². The highest BCUT2D eigenvalue weighted by molar-refractivity contribution is 5.93. The lowest BCUT2D eigenvalue weighted by Gasteiger charge is -2.31. The quantitative estimate of drug-likeness (QED) is 0.410. The summed E-state index contributed by atoms with van der Waals surface area (Å²) >= 11 is 0. The van der Waals surface area contributed by atoms with E-state index in [9.17, 15) is 14.7 Å². The van der Waals surface area contributed by atoms with Crippen LogP contribution in [0.4, 0.5) is 0 Å². The number of fused-ring (bicyclic) bond motifs is 5. The molecular formula is C23H17N3O4. The summed E-state index contributed by atoms with van der Waals surface area (Å²) in [5, 5.41) is 20.9. The van der Waals surface area contributed by atoms with E-state index in [1.165, 1.54) is 6.08 Å². The molecule has 0 saturated heterocycles. The van der Waals surface area contributed by atoms with Gasteiger partial charge in [0.2, 0.25) is 0 Å². The van der Waals surface area contributed by atoms with Gasteiger partial charge in [-0.3, -0.25) is 4.79 Å². The zero-order chi connectivity index (χ0) is 21.0. The number of aliphatic hydroxyl groups is 1. The first kappa shape index (κ1) is 18.3. The second-order valence-electron chi connectivity index (χ2n) is 7.44. The summed E-state index contributed by atoms with van der Waals surface area (Å²) in [5.74, 6) is -0.746. The molecule has 1 N–H and O–H groups in total. The summed E-state index contributed by atoms with van der Waals surface area (Å²) < 4.78 is 6.69. The SMILES string of the molecule is CC[C@@]1(O)C(=O)OCc2c1cc1n(c2=O)Cc2c-1nc1ccccc1c2/C=C/C#N. The predicted molar refractivity (Wildman–Crippen MR) is 109 cm³/mol. The van der Waals surface area contributed by atoms with Gasteiger partial charge in [-0.2, -0.15) is 5.26 Å². The van der Waals surface area contributed by atoms with Gasteiger partial charge in [0.15, 0.2) is 5.60 Å². The van der Waals surface area contributed by atoms with Gasteiger partial charge in [0.25, 0.3) is 5.56 Å². The van der Waals surface area contributed by atoms with E-state index in [0.29, 0.717) is 11.4 Å². The van der Waals surface area contributed by atoms with E-state index in [1.54, 1.807) is 23.6 Å². The standard InChI is InChI=1S/C23H17N3O4/c1-2-23(29)17-10-19-20-15(11-26(19)21(27)16(17)12-30-22(23)28)13(7-5-9-24)14-6-3-4-8-18(14)25-20/h3-8,10,29H,2,11-12H2,1H3/b7-5+/t23-/m0/s1. The molecule has 148 valence electrons. The van der Waals surface area contributed by atoms with Crippen LogP contribution < -0.4 is 5.56 Å². The number of cyclic esters (lactones) is 1. The minimum atomic E-state index is -1.86. The molecule has 0 saturated carbocycles. The molecule has 1 aromatic carbocycles. The molecule has 0 spiro atoms. The third-order valence-electron chi connectivity index (χ3n) is 5.96. The van der Waals surface area contributed by atoms with Crippen molar-refractivity contribution >= 4 is 22.9 Å². The summed E-state index contributed by atoms with van der Waals surface area (Å²) in [4.78, 5) is 30.3. The number of carbonyl (C=O) groups excluding carboxylic acids is 1. The third kappa shape index (κ3) is 2.31. The summed E-state index contributed by atoms with van der Waals surface area (Å²) in [6, 6.07) is 11.3. The summed E-state index contributed by atoms with van der Waals surface area (Å²) in [6.45, 7) is 1.80. The number of nitrogens with zero attached hydrogens (tertiary/aromatic N) is 3. The number of rotatable bonds is 2. The van der Waals surface area contributed by atoms with E-state index in [2.05, 4.69) is 0 Å². The highest BCUT2D eigenvalue weighted by atomic mass is 16.6. The van der Waals surface area contributed by atoms with Crippen LogP contribution in [0.2, 0.25) is 0 Å². The number of allylic oxidation sites excluding steroid dienone is 1. The number of esters is 1. The lowest BCUT2D eigenvalue weighted by molar-refractivity contribution is -0.172. The van der Waals surface area contributed by atoms with E-state index in [0.717, 1.165) is 22.0 Å². The van der Waals surface area contributed by atoms with Gasteiger partial charge in [-0.05, 0) is 30.2 Å². The Bertz CT molecular complexity index is 1380. The predicted octanol–water partition coefficient (Wildman–Crippen LogP) is 2.62. The molecule has 7 heteroatoms. The van der Waals surface area contributed by atoms with Crippen molar-refractivity contribution in [3.63, 3.8) is 0 Å². The van der Waals surface area contributed by atoms with Crippen molar-refractivity contribution in [3.8, 4) is 17.5 Å². The van der Waals surface area contributed by atoms with Crippen molar-refractivity contribution < 1.29 is 14.6 Å². The molecule has 0 bridgehead atoms. The number of benzene rings is 1. The monoisotopic (exact) mass is 399 g/mol. The topological polar surface area (TPSA) is 105 Å². The second kappa shape index (κ2) is 6.37. The zero-order valence-electron chi connectivity index (χ0n) is 16.2. The number of nitriles is 1. The molecule has 0 aliphatic carbocycles. The molecule has 2 aliphatic heterocycles. The molecule has 7 nitrogen and oxygen atoms in total. The van der Waals surface area contributed by atoms with Crippen LogP contribution in [-0.4, -0.2) is 20.6 Å². The number of hydrogen-bond donors (Lipinski definition) is 1. The average molecular weight is 399 g/mol. The van der Waals surface area contributed by atoms with Gasteiger partial charge in [0, 0.05) is 22.6 Å². The maximum Gasteiger partial charge on any atom is 0.343 e. The van der Waals surface area contributed by atoms with Crippen LogP contribution in [0.5, 0.6) is 0 Å². The number of pyridine rings is 2. The molecule has 0 unspecified atom stereocenters. The van der Waals surface area contributed by atoms with Crippen LogP contribution in [0, 0.1) is 11.3 Å². The fourth-order valence-electron chi connectivity index (χ4n) is 4.37. The Kier molecular flexibility index (Phi) is 3.88. The van der Waals surface area contributed by atoms with Gasteiger partial charge in [-0.1, -0.05) is 25.1 Å². The lowest BCUT2D eigenvalue weighted by atomic mass is 9.86. The van der Waals surface area contributed by atoms with Crippen LogP contribution in [0.15, 0.2) is 41.2 Å². The molecule has 5 rings (SSSR count). The van der Waals surface area contributed by atoms with Gasteiger partial charge in [-0.15, -0.1) is 0 Å². The van der Waals surface area contributed by atoms with E-state index in [1.807, 2.05) is 30.3 Å². The van der Waals surface area contributed by atoms with Crippen molar-refractivity contribution in [1.29, 1.82) is 5.26 Å². The normalized spacial score (nSPS) is 19.3. The van der Waals surface area contributed by atoms with Crippen molar-refractivity contribution in [2.75, 3.05) is 0 Å². The summed E-state index contributed by atoms with van der Waals surface area (Å²) in [7, 11) is 0. The van der Waals surface area contributed by atoms with Gasteiger partial charge < -0.3 is 14.4 Å². The van der Waals surface area contributed by atoms with Crippen LogP contribution in [0.3, 0.4) is 0 Å². The minimum absolute atomic E-state index is 0.0931. The first-order valence-electron chi connectivity index (χ1n) is 9.64. The summed E-state index contributed by atoms with van der Waals surface area (Å²) in [5.41, 5.74) is 1.96. The van der Waals surface area contributed by atoms with Crippen LogP contribution >= 0.6 is 0 Å². The van der Waals surface area contributed by atoms with Gasteiger partial charge >= 0.3 is 5.97 Å². The highest BCUT2D eigenvalue weighted by Gasteiger charge is 2.45. The first-order valence-corrected chi connectivity index (χ1v) is 9.64. The molecule has 0 radical (unpaired) electrons. The van der Waals surface area contributed by atoms with E-state index >= 15 is 0 Å². The maximum atomic E-state index is 13.3. The molecule has 0 fully saturated rings. The van der Waals surface area contributed by atoms with Crippen LogP contribution in [0.25, 0.3) is 28.4 Å².